The molecule has 4 rings (SSSR count). The van der Waals surface area contributed by atoms with Crippen molar-refractivity contribution in [1.82, 2.24) is 4.98 Å². The van der Waals surface area contributed by atoms with E-state index in [2.05, 4.69) is 4.98 Å². The Labute approximate surface area is 185 Å². The molecule has 1 aliphatic heterocycles. The number of hydrogen-bond donors (Lipinski definition) is 0. The smallest absolute Gasteiger partial charge is 0.339 e. The van der Waals surface area contributed by atoms with Gasteiger partial charge in [-0.3, -0.25) is 14.9 Å². The zero-order valence-electron chi connectivity index (χ0n) is 16.3. The van der Waals surface area contributed by atoms with Gasteiger partial charge in [0, 0.05) is 40.1 Å². The van der Waals surface area contributed by atoms with Crippen LogP contribution in [0.1, 0.15) is 32.0 Å². The van der Waals surface area contributed by atoms with E-state index >= 15 is 0 Å². The summed E-state index contributed by atoms with van der Waals surface area (Å²) in [6.45, 7) is 1.96. The molecule has 158 valence electrons. The first-order valence-electron chi connectivity index (χ1n) is 9.25. The number of ether oxygens (including phenoxy) is 2. The number of aryl methyl sites for hydroxylation is 1. The highest BCUT2D eigenvalue weighted by molar-refractivity contribution is 8.01. The van der Waals surface area contributed by atoms with Gasteiger partial charge in [0.15, 0.2) is 16.7 Å². The number of benzene rings is 2. The van der Waals surface area contributed by atoms with Gasteiger partial charge in [-0.15, -0.1) is 11.3 Å². The number of nitro benzene ring substituents is 1. The molecule has 0 radical (unpaired) electrons. The average Bonchev–Trinajstić information content (AvgIpc) is 3.39. The average molecular weight is 457 g/mol. The molecule has 31 heavy (non-hydrogen) atoms. The fourth-order valence-corrected chi connectivity index (χ4v) is 4.90. The molecule has 0 aliphatic carbocycles. The van der Waals surface area contributed by atoms with Gasteiger partial charge in [-0.05, 0) is 36.8 Å². The number of nitro groups is 1. The largest absolute Gasteiger partial charge is 0.493 e. The van der Waals surface area contributed by atoms with E-state index in [-0.39, 0.29) is 17.0 Å². The van der Waals surface area contributed by atoms with E-state index in [4.69, 9.17) is 9.47 Å². The second-order valence-corrected chi connectivity index (χ2v) is 8.86. The van der Waals surface area contributed by atoms with Gasteiger partial charge in [0.2, 0.25) is 0 Å². The lowest BCUT2D eigenvalue weighted by Crippen LogP contribution is -2.15. The van der Waals surface area contributed by atoms with E-state index < -0.39 is 17.5 Å². The van der Waals surface area contributed by atoms with Crippen LogP contribution in [0.15, 0.2) is 51.0 Å². The topological polar surface area (TPSA) is 109 Å². The van der Waals surface area contributed by atoms with Gasteiger partial charge in [0.1, 0.15) is 5.75 Å². The number of esters is 1. The SMILES string of the molecule is Cc1csc(Sc2ccc([N+](=O)[O-])cc2C(=O)OCC(=O)c2ccc3c(c2)CCO3)n1. The molecule has 0 fully saturated rings. The number of rotatable bonds is 7. The summed E-state index contributed by atoms with van der Waals surface area (Å²) in [5, 5.41) is 13.0. The Morgan fingerprint density at radius 2 is 2.13 bits per heavy atom. The minimum absolute atomic E-state index is 0.0159. The maximum atomic E-state index is 12.7. The number of fused-ring (bicyclic) bond motifs is 1. The number of carbonyl (C=O) groups is 2. The van der Waals surface area contributed by atoms with Gasteiger partial charge in [-0.1, -0.05) is 11.8 Å². The summed E-state index contributed by atoms with van der Waals surface area (Å²) < 4.78 is 11.3. The van der Waals surface area contributed by atoms with E-state index in [1.165, 1.54) is 35.2 Å². The van der Waals surface area contributed by atoms with Crippen LogP contribution in [0.3, 0.4) is 0 Å². The molecule has 2 heterocycles. The van der Waals surface area contributed by atoms with Crippen LogP contribution in [0.4, 0.5) is 5.69 Å². The molecular formula is C21H16N2O6S2. The summed E-state index contributed by atoms with van der Waals surface area (Å²) in [6.07, 6.45) is 0.723. The van der Waals surface area contributed by atoms with Crippen molar-refractivity contribution < 1.29 is 24.0 Å². The molecule has 1 aliphatic rings. The van der Waals surface area contributed by atoms with Crippen LogP contribution in [-0.4, -0.2) is 34.9 Å². The van der Waals surface area contributed by atoms with Crippen molar-refractivity contribution in [2.45, 2.75) is 22.6 Å². The van der Waals surface area contributed by atoms with E-state index in [0.717, 1.165) is 29.5 Å². The number of carbonyl (C=O) groups excluding carboxylic acids is 2. The van der Waals surface area contributed by atoms with Crippen molar-refractivity contribution in [2.24, 2.45) is 0 Å². The predicted molar refractivity (Wildman–Crippen MR) is 114 cm³/mol. The maximum absolute atomic E-state index is 12.7. The Balaban J connectivity index is 1.51. The van der Waals surface area contributed by atoms with E-state index in [9.17, 15) is 19.7 Å². The van der Waals surface area contributed by atoms with Gasteiger partial charge in [0.25, 0.3) is 5.69 Å². The number of hydrogen-bond acceptors (Lipinski definition) is 9. The molecule has 0 atom stereocenters. The zero-order chi connectivity index (χ0) is 22.0. The van der Waals surface area contributed by atoms with Crippen molar-refractivity contribution in [3.63, 3.8) is 0 Å². The third-order valence-corrected chi connectivity index (χ3v) is 6.67. The monoisotopic (exact) mass is 456 g/mol. The normalized spacial score (nSPS) is 12.2. The fraction of sp³-hybridized carbons (Fsp3) is 0.190. The van der Waals surface area contributed by atoms with Crippen LogP contribution in [-0.2, 0) is 11.2 Å². The lowest BCUT2D eigenvalue weighted by atomic mass is 10.1. The number of nitrogens with zero attached hydrogens (tertiary/aromatic N) is 2. The number of thiazole rings is 1. The van der Waals surface area contributed by atoms with Gasteiger partial charge >= 0.3 is 5.97 Å². The Kier molecular flexibility index (Phi) is 6.01. The Morgan fingerprint density at radius 1 is 1.29 bits per heavy atom. The molecule has 0 saturated carbocycles. The zero-order valence-corrected chi connectivity index (χ0v) is 18.0. The maximum Gasteiger partial charge on any atom is 0.339 e. The number of Topliss-reactive ketones (excluding diaryl/α,β-unsaturated/α-hetero) is 1. The summed E-state index contributed by atoms with van der Waals surface area (Å²) in [4.78, 5) is 40.6. The van der Waals surface area contributed by atoms with Crippen molar-refractivity contribution in [1.29, 1.82) is 0 Å². The number of non-ortho nitro benzene ring substituents is 1. The van der Waals surface area contributed by atoms with Gasteiger partial charge in [-0.2, -0.15) is 0 Å². The molecule has 0 bridgehead atoms. The van der Waals surface area contributed by atoms with E-state index in [0.29, 0.717) is 21.4 Å². The van der Waals surface area contributed by atoms with Gasteiger partial charge < -0.3 is 9.47 Å². The van der Waals surface area contributed by atoms with Crippen molar-refractivity contribution in [3.8, 4) is 5.75 Å². The first-order valence-corrected chi connectivity index (χ1v) is 10.9. The van der Waals surface area contributed by atoms with Gasteiger partial charge in [0.05, 0.1) is 17.1 Å². The van der Waals surface area contributed by atoms with E-state index in [1.807, 2.05) is 12.3 Å². The minimum Gasteiger partial charge on any atom is -0.493 e. The molecule has 0 spiro atoms. The van der Waals surface area contributed by atoms with Crippen LogP contribution in [0.25, 0.3) is 0 Å². The van der Waals surface area contributed by atoms with Crippen molar-refractivity contribution >= 4 is 40.5 Å². The number of aromatic nitrogens is 1. The van der Waals surface area contributed by atoms with Crippen molar-refractivity contribution in [3.05, 3.63) is 74.3 Å². The second-order valence-electron chi connectivity index (χ2n) is 6.71. The first-order chi connectivity index (χ1) is 14.9. The van der Waals surface area contributed by atoms with Crippen LogP contribution >= 0.6 is 23.1 Å². The third-order valence-electron chi connectivity index (χ3n) is 4.53. The highest BCUT2D eigenvalue weighted by atomic mass is 32.2. The van der Waals surface area contributed by atoms with Crippen LogP contribution in [0.5, 0.6) is 5.75 Å². The standard InChI is InChI=1S/C21H16N2O6S2/c1-12-11-30-21(22-12)31-19-5-3-15(23(26)27)9-16(19)20(25)29-10-17(24)13-2-4-18-14(8-13)6-7-28-18/h2-5,8-9,11H,6-7,10H2,1H3. The molecule has 1 aromatic heterocycles. The quantitative estimate of drug-likeness (QED) is 0.221. The molecule has 8 nitrogen and oxygen atoms in total. The summed E-state index contributed by atoms with van der Waals surface area (Å²) in [5.74, 6) is -0.417. The number of ketones is 1. The molecule has 0 amide bonds. The fourth-order valence-electron chi connectivity index (χ4n) is 3.01. The Bertz CT molecular complexity index is 1190. The molecule has 2 aromatic carbocycles. The summed E-state index contributed by atoms with van der Waals surface area (Å²) in [5.41, 5.74) is 1.97. The first kappa shape index (κ1) is 21.0. The van der Waals surface area contributed by atoms with Crippen molar-refractivity contribution in [2.75, 3.05) is 13.2 Å². The molecular weight excluding hydrogens is 440 g/mol. The highest BCUT2D eigenvalue weighted by Gasteiger charge is 2.21. The Hall–Kier alpha value is -3.24. The second kappa shape index (κ2) is 8.86. The predicted octanol–water partition coefficient (Wildman–Crippen LogP) is 4.49. The summed E-state index contributed by atoms with van der Waals surface area (Å²) >= 11 is 2.62. The lowest BCUT2D eigenvalue weighted by Gasteiger charge is -2.09. The van der Waals surface area contributed by atoms with Crippen LogP contribution in [0.2, 0.25) is 0 Å². The van der Waals surface area contributed by atoms with Crippen LogP contribution in [0, 0.1) is 17.0 Å². The summed E-state index contributed by atoms with van der Waals surface area (Å²) in [7, 11) is 0. The summed E-state index contributed by atoms with van der Waals surface area (Å²) in [6, 6.07) is 9.04. The van der Waals surface area contributed by atoms with E-state index in [1.54, 1.807) is 18.2 Å². The third kappa shape index (κ3) is 4.75. The molecule has 0 saturated heterocycles. The molecule has 0 N–H and O–H groups in total. The highest BCUT2D eigenvalue weighted by Crippen LogP contribution is 2.34. The molecule has 0 unspecified atom stereocenters. The Morgan fingerprint density at radius 3 is 2.87 bits per heavy atom. The minimum atomic E-state index is -0.808. The van der Waals surface area contributed by atoms with Gasteiger partial charge in [-0.25, -0.2) is 9.78 Å². The molecule has 3 aromatic rings. The van der Waals surface area contributed by atoms with Crippen LogP contribution < -0.4 is 4.74 Å². The lowest BCUT2D eigenvalue weighted by molar-refractivity contribution is -0.384. The molecule has 10 heteroatoms.